The summed E-state index contributed by atoms with van der Waals surface area (Å²) in [5.74, 6) is 0.196. The van der Waals surface area contributed by atoms with E-state index in [9.17, 15) is 10.1 Å². The topological polar surface area (TPSA) is 91.3 Å². The van der Waals surface area contributed by atoms with E-state index >= 15 is 0 Å². The number of ether oxygens (including phenoxy) is 1. The van der Waals surface area contributed by atoms with E-state index < -0.39 is 4.92 Å². The number of nitrogens with two attached hydrogens (primary N) is 1. The Kier molecular flexibility index (Phi) is 3.43. The molecule has 0 saturated carbocycles. The Morgan fingerprint density at radius 3 is 2.86 bits per heavy atom. The molecule has 0 amide bonds. The van der Waals surface area contributed by atoms with Crippen LogP contribution in [0.4, 0.5) is 11.5 Å². The van der Waals surface area contributed by atoms with Crippen molar-refractivity contribution in [2.75, 3.05) is 5.73 Å². The molecule has 1 aromatic carbocycles. The Hall–Kier alpha value is -2.63. The SMILES string of the molecule is Nc1nc(OC2CCCc3ccccc32)ccc1[N+](=O)[O-]. The zero-order chi connectivity index (χ0) is 14.8. The van der Waals surface area contributed by atoms with Gasteiger partial charge >= 0.3 is 5.69 Å². The number of benzene rings is 1. The van der Waals surface area contributed by atoms with Crippen molar-refractivity contribution >= 4 is 11.5 Å². The van der Waals surface area contributed by atoms with Crippen molar-refractivity contribution in [1.82, 2.24) is 4.98 Å². The first-order valence-corrected chi connectivity index (χ1v) is 6.80. The summed E-state index contributed by atoms with van der Waals surface area (Å²) in [4.78, 5) is 14.2. The number of rotatable bonds is 3. The molecule has 1 atom stereocenters. The summed E-state index contributed by atoms with van der Waals surface area (Å²) in [5.41, 5.74) is 7.82. The maximum absolute atomic E-state index is 10.7. The molecule has 0 bridgehead atoms. The Balaban J connectivity index is 1.85. The standard InChI is InChI=1S/C15H15N3O3/c16-15-12(18(19)20)8-9-14(17-15)21-13-7-3-5-10-4-1-2-6-11(10)13/h1-2,4,6,8-9,13H,3,5,7H2,(H2,16,17). The van der Waals surface area contributed by atoms with Crippen LogP contribution in [0.25, 0.3) is 0 Å². The number of hydrogen-bond acceptors (Lipinski definition) is 5. The van der Waals surface area contributed by atoms with E-state index in [1.54, 1.807) is 0 Å². The Morgan fingerprint density at radius 2 is 2.10 bits per heavy atom. The number of pyridine rings is 1. The van der Waals surface area contributed by atoms with Gasteiger partial charge in [0.2, 0.25) is 11.7 Å². The summed E-state index contributed by atoms with van der Waals surface area (Å²) >= 11 is 0. The maximum atomic E-state index is 10.7. The molecule has 1 heterocycles. The summed E-state index contributed by atoms with van der Waals surface area (Å²) in [5, 5.41) is 10.7. The number of fused-ring (bicyclic) bond motifs is 1. The van der Waals surface area contributed by atoms with Crippen molar-refractivity contribution in [3.63, 3.8) is 0 Å². The smallest absolute Gasteiger partial charge is 0.311 e. The Morgan fingerprint density at radius 1 is 1.29 bits per heavy atom. The van der Waals surface area contributed by atoms with Gasteiger partial charge in [-0.2, -0.15) is 4.98 Å². The normalized spacial score (nSPS) is 17.0. The molecule has 0 radical (unpaired) electrons. The van der Waals surface area contributed by atoms with Crippen molar-refractivity contribution in [2.24, 2.45) is 0 Å². The predicted molar refractivity (Wildman–Crippen MR) is 78.1 cm³/mol. The average Bonchev–Trinajstić information content (AvgIpc) is 2.47. The van der Waals surface area contributed by atoms with E-state index in [0.717, 1.165) is 24.8 Å². The van der Waals surface area contributed by atoms with Crippen molar-refractivity contribution in [1.29, 1.82) is 0 Å². The molecule has 21 heavy (non-hydrogen) atoms. The summed E-state index contributed by atoms with van der Waals surface area (Å²) in [6.45, 7) is 0. The number of nitro groups is 1. The van der Waals surface area contributed by atoms with Gasteiger partial charge in [0, 0.05) is 12.1 Å². The third-order valence-electron chi connectivity index (χ3n) is 3.65. The minimum atomic E-state index is -0.554. The summed E-state index contributed by atoms with van der Waals surface area (Å²) in [7, 11) is 0. The molecule has 0 spiro atoms. The molecule has 0 saturated heterocycles. The average molecular weight is 285 g/mol. The highest BCUT2D eigenvalue weighted by atomic mass is 16.6. The predicted octanol–water partition coefficient (Wildman–Crippen LogP) is 3.03. The van der Waals surface area contributed by atoms with Crippen LogP contribution in [-0.4, -0.2) is 9.91 Å². The highest BCUT2D eigenvalue weighted by Gasteiger charge is 2.22. The number of nitrogens with zero attached hydrogens (tertiary/aromatic N) is 2. The largest absolute Gasteiger partial charge is 0.469 e. The van der Waals surface area contributed by atoms with Crippen LogP contribution in [0.3, 0.4) is 0 Å². The van der Waals surface area contributed by atoms with Crippen LogP contribution in [-0.2, 0) is 6.42 Å². The molecule has 6 heteroatoms. The highest BCUT2D eigenvalue weighted by Crippen LogP contribution is 2.33. The first-order chi connectivity index (χ1) is 10.1. The van der Waals surface area contributed by atoms with Crippen molar-refractivity contribution < 1.29 is 9.66 Å². The summed E-state index contributed by atoms with van der Waals surface area (Å²) in [6, 6.07) is 11.0. The van der Waals surface area contributed by atoms with Gasteiger partial charge in [-0.05, 0) is 30.4 Å². The lowest BCUT2D eigenvalue weighted by Gasteiger charge is -2.25. The van der Waals surface area contributed by atoms with Gasteiger partial charge < -0.3 is 10.5 Å². The third kappa shape index (κ3) is 2.65. The highest BCUT2D eigenvalue weighted by molar-refractivity contribution is 5.53. The fraction of sp³-hybridized carbons (Fsp3) is 0.267. The zero-order valence-electron chi connectivity index (χ0n) is 11.4. The van der Waals surface area contributed by atoms with E-state index in [4.69, 9.17) is 10.5 Å². The van der Waals surface area contributed by atoms with Crippen LogP contribution < -0.4 is 10.5 Å². The molecule has 2 aromatic rings. The van der Waals surface area contributed by atoms with E-state index in [0.29, 0.717) is 5.88 Å². The van der Waals surface area contributed by atoms with Gasteiger partial charge in [0.1, 0.15) is 6.10 Å². The van der Waals surface area contributed by atoms with E-state index in [1.165, 1.54) is 17.7 Å². The molecule has 3 rings (SSSR count). The molecule has 1 aliphatic carbocycles. The molecule has 2 N–H and O–H groups in total. The lowest BCUT2D eigenvalue weighted by Crippen LogP contribution is -2.16. The monoisotopic (exact) mass is 285 g/mol. The number of anilines is 1. The molecule has 0 fully saturated rings. The quantitative estimate of drug-likeness (QED) is 0.691. The van der Waals surface area contributed by atoms with E-state index in [2.05, 4.69) is 11.1 Å². The minimum absolute atomic E-state index is 0.0803. The molecular weight excluding hydrogens is 270 g/mol. The number of hydrogen-bond donors (Lipinski definition) is 1. The molecule has 1 aliphatic rings. The van der Waals surface area contributed by atoms with Crippen LogP contribution in [0, 0.1) is 10.1 Å². The van der Waals surface area contributed by atoms with Crippen LogP contribution in [0.1, 0.15) is 30.1 Å². The summed E-state index contributed by atoms with van der Waals surface area (Å²) < 4.78 is 5.88. The number of nitrogen functional groups attached to an aromatic ring is 1. The Bertz CT molecular complexity index is 688. The van der Waals surface area contributed by atoms with Gasteiger partial charge in [-0.3, -0.25) is 10.1 Å². The molecule has 1 unspecified atom stereocenters. The second kappa shape index (κ2) is 5.40. The van der Waals surface area contributed by atoms with Gasteiger partial charge in [0.25, 0.3) is 0 Å². The van der Waals surface area contributed by atoms with Crippen molar-refractivity contribution in [2.45, 2.75) is 25.4 Å². The lowest BCUT2D eigenvalue weighted by atomic mass is 9.89. The molecule has 108 valence electrons. The van der Waals surface area contributed by atoms with Crippen molar-refractivity contribution in [3.8, 4) is 5.88 Å². The van der Waals surface area contributed by atoms with Crippen LogP contribution in [0.2, 0.25) is 0 Å². The minimum Gasteiger partial charge on any atom is -0.469 e. The van der Waals surface area contributed by atoms with Gasteiger partial charge in [0.15, 0.2) is 0 Å². The molecule has 1 aromatic heterocycles. The second-order valence-corrected chi connectivity index (χ2v) is 5.01. The fourth-order valence-electron chi connectivity index (χ4n) is 2.65. The van der Waals surface area contributed by atoms with E-state index in [1.807, 2.05) is 18.2 Å². The van der Waals surface area contributed by atoms with Gasteiger partial charge in [0.05, 0.1) is 4.92 Å². The lowest BCUT2D eigenvalue weighted by molar-refractivity contribution is -0.384. The molecule has 0 aliphatic heterocycles. The van der Waals surface area contributed by atoms with E-state index in [-0.39, 0.29) is 17.6 Å². The van der Waals surface area contributed by atoms with Crippen LogP contribution >= 0.6 is 0 Å². The Labute approximate surface area is 121 Å². The third-order valence-corrected chi connectivity index (χ3v) is 3.65. The van der Waals surface area contributed by atoms with Gasteiger partial charge in [-0.1, -0.05) is 24.3 Å². The first kappa shape index (κ1) is 13.4. The van der Waals surface area contributed by atoms with Gasteiger partial charge in [-0.15, -0.1) is 0 Å². The maximum Gasteiger partial charge on any atom is 0.311 e. The molecular formula is C15H15N3O3. The number of aryl methyl sites for hydroxylation is 1. The number of aromatic nitrogens is 1. The zero-order valence-corrected chi connectivity index (χ0v) is 11.4. The summed E-state index contributed by atoms with van der Waals surface area (Å²) in [6.07, 6.45) is 2.91. The second-order valence-electron chi connectivity index (χ2n) is 5.01. The van der Waals surface area contributed by atoms with Crippen molar-refractivity contribution in [3.05, 3.63) is 57.6 Å². The first-order valence-electron chi connectivity index (χ1n) is 6.80. The van der Waals surface area contributed by atoms with Gasteiger partial charge in [-0.25, -0.2) is 0 Å². The fourth-order valence-corrected chi connectivity index (χ4v) is 2.65. The van der Waals surface area contributed by atoms with Crippen LogP contribution in [0.15, 0.2) is 36.4 Å². The molecule has 6 nitrogen and oxygen atoms in total. The van der Waals surface area contributed by atoms with Crippen LogP contribution in [0.5, 0.6) is 5.88 Å².